The number of alkyl halides is 1. The van der Waals surface area contributed by atoms with E-state index in [1.807, 2.05) is 12.1 Å². The molecule has 0 aliphatic heterocycles. The van der Waals surface area contributed by atoms with Crippen molar-refractivity contribution in [2.75, 3.05) is 5.73 Å². The summed E-state index contributed by atoms with van der Waals surface area (Å²) in [5, 5.41) is 0.331. The number of thiophene rings is 1. The van der Waals surface area contributed by atoms with E-state index in [2.05, 4.69) is 4.98 Å². The van der Waals surface area contributed by atoms with E-state index in [1.165, 1.54) is 23.0 Å². The van der Waals surface area contributed by atoms with E-state index in [1.54, 1.807) is 7.05 Å². The molecule has 0 aromatic carbocycles. The highest BCUT2D eigenvalue weighted by Crippen LogP contribution is 2.36. The number of hydrogen-bond donors (Lipinski definition) is 2. The van der Waals surface area contributed by atoms with Crippen LogP contribution in [0.5, 0.6) is 0 Å². The van der Waals surface area contributed by atoms with Gasteiger partial charge in [-0.2, -0.15) is 0 Å². The fraction of sp³-hybridized carbons (Fsp3) is 0.267. The lowest BCUT2D eigenvalue weighted by atomic mass is 10.0. The van der Waals surface area contributed by atoms with Crippen LogP contribution in [0.2, 0.25) is 0 Å². The largest absolute Gasteiger partial charge is 0.383 e. The Kier molecular flexibility index (Phi) is 4.20. The summed E-state index contributed by atoms with van der Waals surface area (Å²) in [6.45, 7) is 0.129. The number of halogens is 1. The Morgan fingerprint density at radius 3 is 2.54 bits per heavy atom. The minimum absolute atomic E-state index is 0.129. The molecule has 24 heavy (non-hydrogen) atoms. The third-order valence-corrected chi connectivity index (χ3v) is 5.51. The van der Waals surface area contributed by atoms with Gasteiger partial charge < -0.3 is 11.5 Å². The average Bonchev–Trinajstić information content (AvgIpc) is 3.05. The summed E-state index contributed by atoms with van der Waals surface area (Å²) >= 11 is 7.35. The van der Waals surface area contributed by atoms with Crippen molar-refractivity contribution >= 4 is 39.8 Å². The summed E-state index contributed by atoms with van der Waals surface area (Å²) in [5.41, 5.74) is 12.5. The van der Waals surface area contributed by atoms with Gasteiger partial charge in [0.2, 0.25) is 0 Å². The van der Waals surface area contributed by atoms with Crippen molar-refractivity contribution in [3.63, 3.8) is 0 Å². The van der Waals surface area contributed by atoms with Gasteiger partial charge in [0.15, 0.2) is 5.65 Å². The Morgan fingerprint density at radius 1 is 1.25 bits per heavy atom. The maximum absolute atomic E-state index is 12.8. The lowest BCUT2D eigenvalue weighted by Crippen LogP contribution is -2.37. The van der Waals surface area contributed by atoms with Crippen LogP contribution < -0.4 is 22.7 Å². The molecule has 0 atom stereocenters. The molecule has 7 nitrogen and oxygen atoms in total. The van der Waals surface area contributed by atoms with E-state index in [-0.39, 0.29) is 18.0 Å². The van der Waals surface area contributed by atoms with Crippen LogP contribution in [-0.4, -0.2) is 14.1 Å². The number of fused-ring (bicyclic) bond motifs is 1. The minimum atomic E-state index is -0.460. The first-order chi connectivity index (χ1) is 11.4. The Hall–Kier alpha value is -2.16. The van der Waals surface area contributed by atoms with E-state index >= 15 is 0 Å². The molecule has 126 valence electrons. The van der Waals surface area contributed by atoms with Crippen molar-refractivity contribution in [2.24, 2.45) is 19.8 Å². The minimum Gasteiger partial charge on any atom is -0.383 e. The molecule has 4 N–H and O–H groups in total. The van der Waals surface area contributed by atoms with Crippen LogP contribution in [0, 0.1) is 0 Å². The molecule has 3 aromatic heterocycles. The summed E-state index contributed by atoms with van der Waals surface area (Å²) in [6.07, 6.45) is 0. The van der Waals surface area contributed by atoms with E-state index in [0.29, 0.717) is 22.4 Å². The van der Waals surface area contributed by atoms with Gasteiger partial charge in [0.1, 0.15) is 5.82 Å². The number of nitrogens with zero attached hydrogens (tertiary/aromatic N) is 3. The Labute approximate surface area is 146 Å². The van der Waals surface area contributed by atoms with Gasteiger partial charge in [0.25, 0.3) is 5.56 Å². The average molecular weight is 366 g/mol. The van der Waals surface area contributed by atoms with Crippen LogP contribution in [0.3, 0.4) is 0 Å². The molecular formula is C15H16ClN5O2S. The predicted octanol–water partition coefficient (Wildman–Crippen LogP) is 1.14. The van der Waals surface area contributed by atoms with Crippen LogP contribution >= 0.6 is 22.9 Å². The highest BCUT2D eigenvalue weighted by atomic mass is 35.5. The van der Waals surface area contributed by atoms with E-state index in [0.717, 1.165) is 14.3 Å². The molecule has 0 amide bonds. The van der Waals surface area contributed by atoms with E-state index in [9.17, 15) is 9.59 Å². The van der Waals surface area contributed by atoms with E-state index < -0.39 is 11.2 Å². The lowest BCUT2D eigenvalue weighted by Gasteiger charge is -2.15. The molecule has 0 bridgehead atoms. The first-order valence-electron chi connectivity index (χ1n) is 7.13. The zero-order chi connectivity index (χ0) is 17.6. The van der Waals surface area contributed by atoms with E-state index in [4.69, 9.17) is 23.1 Å². The third-order valence-electron chi connectivity index (χ3n) is 3.96. The van der Waals surface area contributed by atoms with Crippen molar-refractivity contribution in [3.8, 4) is 10.4 Å². The maximum Gasteiger partial charge on any atom is 0.332 e. The van der Waals surface area contributed by atoms with Crippen LogP contribution in [0.15, 0.2) is 21.7 Å². The molecule has 9 heteroatoms. The van der Waals surface area contributed by atoms with Crippen LogP contribution in [0.25, 0.3) is 21.5 Å². The van der Waals surface area contributed by atoms with Gasteiger partial charge in [0.05, 0.1) is 11.3 Å². The number of hydrogen-bond acceptors (Lipinski definition) is 6. The molecule has 0 aliphatic carbocycles. The SMILES string of the molecule is Cn1c(=O)c2c(-c3ccc(CCl)s3)c(CN)c(N)nc2n(C)c1=O. The van der Waals surface area contributed by atoms with Crippen molar-refractivity contribution in [1.82, 2.24) is 14.1 Å². The number of aromatic nitrogens is 3. The summed E-state index contributed by atoms with van der Waals surface area (Å²) in [6, 6.07) is 3.77. The molecular weight excluding hydrogens is 350 g/mol. The summed E-state index contributed by atoms with van der Waals surface area (Å²) in [7, 11) is 2.99. The summed E-state index contributed by atoms with van der Waals surface area (Å²) in [4.78, 5) is 31.0. The number of nitrogen functional groups attached to an aromatic ring is 1. The van der Waals surface area contributed by atoms with Crippen LogP contribution in [0.4, 0.5) is 5.82 Å². The zero-order valence-corrected chi connectivity index (χ0v) is 14.7. The molecule has 0 fully saturated rings. The first kappa shape index (κ1) is 16.7. The van der Waals surface area contributed by atoms with Gasteiger partial charge in [0, 0.05) is 41.5 Å². The second kappa shape index (κ2) is 6.04. The van der Waals surface area contributed by atoms with Crippen molar-refractivity contribution in [2.45, 2.75) is 12.4 Å². The highest BCUT2D eigenvalue weighted by Gasteiger charge is 2.21. The van der Waals surface area contributed by atoms with Crippen molar-refractivity contribution in [3.05, 3.63) is 43.4 Å². The number of anilines is 1. The van der Waals surface area contributed by atoms with Crippen LogP contribution in [0.1, 0.15) is 10.4 Å². The number of pyridine rings is 1. The lowest BCUT2D eigenvalue weighted by molar-refractivity contribution is 0.708. The van der Waals surface area contributed by atoms with Crippen molar-refractivity contribution in [1.29, 1.82) is 0 Å². The smallest absolute Gasteiger partial charge is 0.332 e. The third kappa shape index (κ3) is 2.34. The molecule has 3 heterocycles. The first-order valence-corrected chi connectivity index (χ1v) is 8.49. The fourth-order valence-electron chi connectivity index (χ4n) is 2.71. The predicted molar refractivity (Wildman–Crippen MR) is 97.4 cm³/mol. The number of nitrogens with two attached hydrogens (primary N) is 2. The molecule has 3 rings (SSSR count). The molecule has 0 spiro atoms. The Bertz CT molecular complexity index is 1070. The van der Waals surface area contributed by atoms with Crippen LogP contribution in [-0.2, 0) is 26.5 Å². The summed E-state index contributed by atoms with van der Waals surface area (Å²) < 4.78 is 2.37. The standard InChI is InChI=1S/C15H16ClN5O2S/c1-20-13-11(14(22)21(2)15(20)23)10(8(6-17)12(18)19-13)9-4-3-7(5-16)24-9/h3-4H,5-6,17H2,1-2H3,(H2,18,19). The maximum atomic E-state index is 12.8. The fourth-order valence-corrected chi connectivity index (χ4v) is 3.90. The van der Waals surface area contributed by atoms with Gasteiger partial charge in [-0.05, 0) is 12.1 Å². The quantitative estimate of drug-likeness (QED) is 0.676. The Balaban J connectivity index is 2.58. The molecule has 0 radical (unpaired) electrons. The van der Waals surface area contributed by atoms with Gasteiger partial charge in [-0.15, -0.1) is 22.9 Å². The number of aryl methyl sites for hydroxylation is 1. The second-order valence-electron chi connectivity index (χ2n) is 5.36. The zero-order valence-electron chi connectivity index (χ0n) is 13.2. The molecule has 0 saturated carbocycles. The molecule has 0 aliphatic rings. The monoisotopic (exact) mass is 365 g/mol. The molecule has 3 aromatic rings. The number of rotatable bonds is 3. The molecule has 0 unspecified atom stereocenters. The van der Waals surface area contributed by atoms with Gasteiger partial charge in [-0.1, -0.05) is 0 Å². The Morgan fingerprint density at radius 2 is 1.96 bits per heavy atom. The molecule has 0 saturated heterocycles. The summed E-state index contributed by atoms with van der Waals surface area (Å²) in [5.74, 6) is 0.585. The van der Waals surface area contributed by atoms with Crippen molar-refractivity contribution < 1.29 is 0 Å². The van der Waals surface area contributed by atoms with Gasteiger partial charge in [-0.25, -0.2) is 9.78 Å². The van der Waals surface area contributed by atoms with Gasteiger partial charge >= 0.3 is 5.69 Å². The highest BCUT2D eigenvalue weighted by molar-refractivity contribution is 7.15. The second-order valence-corrected chi connectivity index (χ2v) is 6.79. The normalized spacial score (nSPS) is 11.3. The topological polar surface area (TPSA) is 109 Å². The van der Waals surface area contributed by atoms with Gasteiger partial charge in [-0.3, -0.25) is 13.9 Å².